The van der Waals surface area contributed by atoms with E-state index in [4.69, 9.17) is 5.11 Å². The highest BCUT2D eigenvalue weighted by Crippen LogP contribution is 2.18. The van der Waals surface area contributed by atoms with Crippen LogP contribution in [0.1, 0.15) is 58.6 Å². The zero-order valence-corrected chi connectivity index (χ0v) is 12.5. The number of aromatic carboxylic acids is 1. The molecule has 0 aliphatic carbocycles. The second-order valence-corrected chi connectivity index (χ2v) is 5.17. The van der Waals surface area contributed by atoms with Crippen LogP contribution in [0.25, 0.3) is 12.2 Å². The van der Waals surface area contributed by atoms with E-state index in [1.165, 1.54) is 6.20 Å². The minimum Gasteiger partial charge on any atom is -0.478 e. The van der Waals surface area contributed by atoms with Crippen molar-refractivity contribution in [3.8, 4) is 0 Å². The van der Waals surface area contributed by atoms with Crippen molar-refractivity contribution in [3.05, 3.63) is 40.2 Å². The number of carboxylic acids is 1. The number of H-pyrrole nitrogens is 1. The standard InChI is InChI=1S/C15H18N4O2/c1-8(2)14-12(15(20)21)7-16-13(17-14)6-5-11-9(3)18-19-10(11)4/h5-8H,1-4H3,(H,18,19)(H,20,21). The molecule has 2 aromatic heterocycles. The van der Waals surface area contributed by atoms with E-state index < -0.39 is 5.97 Å². The second-order valence-electron chi connectivity index (χ2n) is 5.17. The summed E-state index contributed by atoms with van der Waals surface area (Å²) in [5, 5.41) is 16.2. The van der Waals surface area contributed by atoms with E-state index >= 15 is 0 Å². The Morgan fingerprint density at radius 3 is 2.57 bits per heavy atom. The molecule has 2 N–H and O–H groups in total. The molecular weight excluding hydrogens is 268 g/mol. The fourth-order valence-corrected chi connectivity index (χ4v) is 2.06. The van der Waals surface area contributed by atoms with E-state index in [1.54, 1.807) is 6.08 Å². The van der Waals surface area contributed by atoms with Crippen molar-refractivity contribution in [1.82, 2.24) is 20.2 Å². The fourth-order valence-electron chi connectivity index (χ4n) is 2.06. The Balaban J connectivity index is 2.38. The Morgan fingerprint density at radius 2 is 2.05 bits per heavy atom. The maximum Gasteiger partial charge on any atom is 0.339 e. The number of hydrogen-bond acceptors (Lipinski definition) is 4. The minimum atomic E-state index is -1.00. The van der Waals surface area contributed by atoms with Crippen molar-refractivity contribution < 1.29 is 9.90 Å². The van der Waals surface area contributed by atoms with Gasteiger partial charge in [-0.3, -0.25) is 5.10 Å². The Hall–Kier alpha value is -2.50. The number of carboxylic acid groups (broad SMARTS) is 1. The molecule has 2 rings (SSSR count). The maximum absolute atomic E-state index is 11.2. The van der Waals surface area contributed by atoms with E-state index in [-0.39, 0.29) is 11.5 Å². The molecule has 21 heavy (non-hydrogen) atoms. The first kappa shape index (κ1) is 14.9. The lowest BCUT2D eigenvalue weighted by atomic mass is 10.1. The minimum absolute atomic E-state index is 0.0173. The largest absolute Gasteiger partial charge is 0.478 e. The molecule has 2 heterocycles. The number of aromatic amines is 1. The highest BCUT2D eigenvalue weighted by Gasteiger charge is 2.15. The quantitative estimate of drug-likeness (QED) is 0.901. The molecule has 0 unspecified atom stereocenters. The van der Waals surface area contributed by atoms with Gasteiger partial charge in [0.25, 0.3) is 0 Å². The van der Waals surface area contributed by atoms with Crippen LogP contribution in [0.4, 0.5) is 0 Å². The third-order valence-corrected chi connectivity index (χ3v) is 3.20. The smallest absolute Gasteiger partial charge is 0.339 e. The van der Waals surface area contributed by atoms with Gasteiger partial charge in [0.15, 0.2) is 5.82 Å². The predicted octanol–water partition coefficient (Wildman–Crippen LogP) is 2.81. The van der Waals surface area contributed by atoms with E-state index in [0.717, 1.165) is 17.0 Å². The van der Waals surface area contributed by atoms with Crippen LogP contribution >= 0.6 is 0 Å². The summed E-state index contributed by atoms with van der Waals surface area (Å²) in [6.45, 7) is 7.67. The third kappa shape index (κ3) is 3.16. The molecule has 0 atom stereocenters. The molecule has 0 saturated carbocycles. The van der Waals surface area contributed by atoms with Gasteiger partial charge in [-0.1, -0.05) is 13.8 Å². The first-order valence-electron chi connectivity index (χ1n) is 6.70. The monoisotopic (exact) mass is 286 g/mol. The number of aromatic nitrogens is 4. The van der Waals surface area contributed by atoms with Crippen molar-refractivity contribution in [2.24, 2.45) is 0 Å². The summed E-state index contributed by atoms with van der Waals surface area (Å²) in [6.07, 6.45) is 5.01. The van der Waals surface area contributed by atoms with Crippen LogP contribution in [0.3, 0.4) is 0 Å². The Bertz CT molecular complexity index is 682. The summed E-state index contributed by atoms with van der Waals surface area (Å²) in [6, 6.07) is 0. The van der Waals surface area contributed by atoms with Crippen LogP contribution < -0.4 is 0 Å². The lowest BCUT2D eigenvalue weighted by molar-refractivity contribution is 0.0694. The summed E-state index contributed by atoms with van der Waals surface area (Å²) in [5.74, 6) is -0.497. The van der Waals surface area contributed by atoms with Crippen LogP contribution in [0.15, 0.2) is 6.20 Å². The van der Waals surface area contributed by atoms with Crippen molar-refractivity contribution in [3.63, 3.8) is 0 Å². The molecule has 6 heteroatoms. The Kier molecular flexibility index (Phi) is 4.16. The zero-order chi connectivity index (χ0) is 15.6. The molecular formula is C15H18N4O2. The van der Waals surface area contributed by atoms with Crippen LogP contribution in [-0.4, -0.2) is 31.2 Å². The van der Waals surface area contributed by atoms with Gasteiger partial charge in [-0.25, -0.2) is 14.8 Å². The molecule has 2 aromatic rings. The zero-order valence-electron chi connectivity index (χ0n) is 12.5. The van der Waals surface area contributed by atoms with Crippen molar-refractivity contribution in [1.29, 1.82) is 0 Å². The fraction of sp³-hybridized carbons (Fsp3) is 0.333. The molecule has 0 saturated heterocycles. The molecule has 0 spiro atoms. The number of nitrogens with zero attached hydrogens (tertiary/aromatic N) is 3. The topological polar surface area (TPSA) is 91.8 Å². The van der Waals surface area contributed by atoms with Crippen LogP contribution in [-0.2, 0) is 0 Å². The molecule has 0 amide bonds. The highest BCUT2D eigenvalue weighted by atomic mass is 16.4. The van der Waals surface area contributed by atoms with Gasteiger partial charge in [0.2, 0.25) is 0 Å². The first-order valence-corrected chi connectivity index (χ1v) is 6.70. The van der Waals surface area contributed by atoms with Gasteiger partial charge in [0.05, 0.1) is 17.0 Å². The molecule has 110 valence electrons. The van der Waals surface area contributed by atoms with Gasteiger partial charge in [0, 0.05) is 17.5 Å². The van der Waals surface area contributed by atoms with E-state index in [9.17, 15) is 4.79 Å². The predicted molar refractivity (Wildman–Crippen MR) is 80.1 cm³/mol. The Labute approximate surface area is 123 Å². The average molecular weight is 286 g/mol. The number of aryl methyl sites for hydroxylation is 2. The average Bonchev–Trinajstić information content (AvgIpc) is 2.75. The normalized spacial score (nSPS) is 11.5. The van der Waals surface area contributed by atoms with Crippen LogP contribution in [0.5, 0.6) is 0 Å². The molecule has 0 fully saturated rings. The van der Waals surface area contributed by atoms with Crippen LogP contribution in [0, 0.1) is 13.8 Å². The summed E-state index contributed by atoms with van der Waals surface area (Å²) < 4.78 is 0. The van der Waals surface area contributed by atoms with Gasteiger partial charge in [-0.15, -0.1) is 0 Å². The molecule has 6 nitrogen and oxygen atoms in total. The number of nitrogens with one attached hydrogen (secondary N) is 1. The molecule has 0 aliphatic rings. The lowest BCUT2D eigenvalue weighted by Crippen LogP contribution is -2.08. The summed E-state index contributed by atoms with van der Waals surface area (Å²) >= 11 is 0. The summed E-state index contributed by atoms with van der Waals surface area (Å²) in [7, 11) is 0. The summed E-state index contributed by atoms with van der Waals surface area (Å²) in [5.41, 5.74) is 3.55. The van der Waals surface area contributed by atoms with Crippen molar-refractivity contribution in [2.45, 2.75) is 33.6 Å². The first-order chi connectivity index (χ1) is 9.90. The van der Waals surface area contributed by atoms with E-state index in [2.05, 4.69) is 20.2 Å². The molecule has 0 aromatic carbocycles. The van der Waals surface area contributed by atoms with E-state index in [1.807, 2.05) is 33.8 Å². The number of hydrogen-bond donors (Lipinski definition) is 2. The van der Waals surface area contributed by atoms with Gasteiger partial charge in [-0.2, -0.15) is 5.10 Å². The van der Waals surface area contributed by atoms with Crippen molar-refractivity contribution >= 4 is 18.1 Å². The maximum atomic E-state index is 11.2. The van der Waals surface area contributed by atoms with Gasteiger partial charge in [-0.05, 0) is 31.9 Å². The second kappa shape index (κ2) is 5.87. The Morgan fingerprint density at radius 1 is 1.33 bits per heavy atom. The van der Waals surface area contributed by atoms with Crippen LogP contribution in [0.2, 0.25) is 0 Å². The number of carbonyl (C=O) groups is 1. The van der Waals surface area contributed by atoms with Gasteiger partial charge < -0.3 is 5.11 Å². The van der Waals surface area contributed by atoms with Gasteiger partial charge in [0.1, 0.15) is 0 Å². The molecule has 0 bridgehead atoms. The van der Waals surface area contributed by atoms with Crippen molar-refractivity contribution in [2.75, 3.05) is 0 Å². The van der Waals surface area contributed by atoms with E-state index in [0.29, 0.717) is 11.5 Å². The number of rotatable bonds is 4. The summed E-state index contributed by atoms with van der Waals surface area (Å²) in [4.78, 5) is 19.6. The molecule has 0 radical (unpaired) electrons. The highest BCUT2D eigenvalue weighted by molar-refractivity contribution is 5.88. The SMILES string of the molecule is Cc1n[nH]c(C)c1C=Cc1ncc(C(=O)O)c(C(C)C)n1. The third-order valence-electron chi connectivity index (χ3n) is 3.20. The van der Waals surface area contributed by atoms with Gasteiger partial charge >= 0.3 is 5.97 Å². The molecule has 0 aliphatic heterocycles. The lowest BCUT2D eigenvalue weighted by Gasteiger charge is -2.08.